The van der Waals surface area contributed by atoms with Crippen molar-refractivity contribution >= 4 is 17.6 Å². The minimum atomic E-state index is -4.89. The van der Waals surface area contributed by atoms with E-state index in [4.69, 9.17) is 0 Å². The monoisotopic (exact) mass is 469 g/mol. The lowest BCUT2D eigenvalue weighted by atomic mass is 10.1. The first-order valence-corrected chi connectivity index (χ1v) is 9.39. The van der Waals surface area contributed by atoms with Crippen LogP contribution in [-0.2, 0) is 10.9 Å². The Labute approximate surface area is 183 Å². The molecule has 12 heteroatoms. The van der Waals surface area contributed by atoms with Crippen molar-refractivity contribution in [2.45, 2.75) is 19.7 Å². The number of amides is 1. The smallest absolute Gasteiger partial charge is 0.434 e. The predicted molar refractivity (Wildman–Crippen MR) is 106 cm³/mol. The predicted octanol–water partition coefficient (Wildman–Crippen LogP) is 4.92. The van der Waals surface area contributed by atoms with Crippen LogP contribution in [0.2, 0.25) is 0 Å². The summed E-state index contributed by atoms with van der Waals surface area (Å²) < 4.78 is 74.6. The second-order valence-corrected chi connectivity index (χ2v) is 6.44. The van der Waals surface area contributed by atoms with Crippen molar-refractivity contribution in [2.24, 2.45) is 0 Å². The summed E-state index contributed by atoms with van der Waals surface area (Å²) in [6.45, 7) is -1.62. The Morgan fingerprint density at radius 2 is 1.70 bits per heavy atom. The molecule has 0 bridgehead atoms. The van der Waals surface area contributed by atoms with E-state index in [1.54, 1.807) is 0 Å². The van der Waals surface area contributed by atoms with Crippen LogP contribution < -0.4 is 10.1 Å². The van der Waals surface area contributed by atoms with Crippen LogP contribution in [0, 0.1) is 0 Å². The first-order chi connectivity index (χ1) is 15.6. The van der Waals surface area contributed by atoms with Crippen molar-refractivity contribution in [1.29, 1.82) is 0 Å². The van der Waals surface area contributed by atoms with Crippen LogP contribution in [0.15, 0.2) is 54.7 Å². The Kier molecular flexibility index (Phi) is 6.95. The van der Waals surface area contributed by atoms with Gasteiger partial charge in [-0.1, -0.05) is 0 Å². The fourth-order valence-electron chi connectivity index (χ4n) is 2.85. The van der Waals surface area contributed by atoms with E-state index in [-0.39, 0.29) is 29.3 Å². The van der Waals surface area contributed by atoms with Gasteiger partial charge in [0.05, 0.1) is 18.5 Å². The Hall–Kier alpha value is -3.96. The van der Waals surface area contributed by atoms with Crippen LogP contribution in [0.1, 0.15) is 33.3 Å². The Balaban J connectivity index is 1.80. The van der Waals surface area contributed by atoms with E-state index < -0.39 is 35.9 Å². The van der Waals surface area contributed by atoms with E-state index in [1.165, 1.54) is 55.5 Å². The molecule has 3 rings (SSSR count). The third-order valence-electron chi connectivity index (χ3n) is 4.24. The molecule has 33 heavy (non-hydrogen) atoms. The highest BCUT2D eigenvalue weighted by Gasteiger charge is 2.41. The molecule has 2 aromatic carbocycles. The topological polar surface area (TPSA) is 82.5 Å². The number of rotatable bonds is 7. The Morgan fingerprint density at radius 3 is 2.24 bits per heavy atom. The molecule has 0 aliphatic rings. The summed E-state index contributed by atoms with van der Waals surface area (Å²) in [5.41, 5.74) is -1.67. The maximum absolute atomic E-state index is 13.6. The summed E-state index contributed by atoms with van der Waals surface area (Å²) >= 11 is 0. The van der Waals surface area contributed by atoms with Gasteiger partial charge in [-0.3, -0.25) is 4.79 Å². The number of carbonyl (C=O) groups is 2. The largest absolute Gasteiger partial charge is 0.462 e. The Bertz CT molecular complexity index is 1130. The van der Waals surface area contributed by atoms with Gasteiger partial charge in [0.1, 0.15) is 11.3 Å². The SMILES string of the molecule is CCOC(=O)c1cnn(-c2ccc(C(=O)Nc3ccc(OC(F)F)cc3)cc2)c1C(F)(F)F. The van der Waals surface area contributed by atoms with Crippen molar-refractivity contribution in [3.05, 3.63) is 71.5 Å². The quantitative estimate of drug-likeness (QED) is 0.392. The lowest BCUT2D eigenvalue weighted by Crippen LogP contribution is -2.18. The van der Waals surface area contributed by atoms with Crippen LogP contribution >= 0.6 is 0 Å². The summed E-state index contributed by atoms with van der Waals surface area (Å²) in [6.07, 6.45) is -4.13. The highest BCUT2D eigenvalue weighted by atomic mass is 19.4. The summed E-state index contributed by atoms with van der Waals surface area (Å²) in [5, 5.41) is 6.18. The van der Waals surface area contributed by atoms with Gasteiger partial charge in [0.25, 0.3) is 5.91 Å². The van der Waals surface area contributed by atoms with Gasteiger partial charge in [-0.2, -0.15) is 27.1 Å². The molecule has 1 amide bonds. The molecule has 174 valence electrons. The lowest BCUT2D eigenvalue weighted by molar-refractivity contribution is -0.143. The van der Waals surface area contributed by atoms with Gasteiger partial charge in [0, 0.05) is 11.3 Å². The number of alkyl halides is 5. The van der Waals surface area contributed by atoms with Gasteiger partial charge < -0.3 is 14.8 Å². The second kappa shape index (κ2) is 9.67. The van der Waals surface area contributed by atoms with Gasteiger partial charge in [0.2, 0.25) is 0 Å². The summed E-state index contributed by atoms with van der Waals surface area (Å²) in [4.78, 5) is 24.3. The third kappa shape index (κ3) is 5.64. The van der Waals surface area contributed by atoms with Gasteiger partial charge in [-0.15, -0.1) is 0 Å². The van der Waals surface area contributed by atoms with Gasteiger partial charge in [0.15, 0.2) is 5.69 Å². The number of halogens is 5. The number of aromatic nitrogens is 2. The number of benzene rings is 2. The molecule has 0 saturated carbocycles. The molecular formula is C21H16F5N3O4. The molecule has 0 atom stereocenters. The first-order valence-electron chi connectivity index (χ1n) is 9.39. The van der Waals surface area contributed by atoms with Crippen molar-refractivity contribution in [3.8, 4) is 11.4 Å². The normalized spacial score (nSPS) is 11.4. The van der Waals surface area contributed by atoms with E-state index in [0.29, 0.717) is 4.68 Å². The lowest BCUT2D eigenvalue weighted by Gasteiger charge is -2.13. The van der Waals surface area contributed by atoms with E-state index in [0.717, 1.165) is 6.20 Å². The van der Waals surface area contributed by atoms with Gasteiger partial charge >= 0.3 is 18.8 Å². The fraction of sp³-hybridized carbons (Fsp3) is 0.190. The molecule has 1 N–H and O–H groups in total. The van der Waals surface area contributed by atoms with Gasteiger partial charge in [-0.25, -0.2) is 9.48 Å². The highest BCUT2D eigenvalue weighted by Crippen LogP contribution is 2.34. The van der Waals surface area contributed by atoms with E-state index in [9.17, 15) is 31.5 Å². The zero-order chi connectivity index (χ0) is 24.2. The molecule has 0 unspecified atom stereocenters. The summed E-state index contributed by atoms with van der Waals surface area (Å²) in [5.74, 6) is -1.83. The molecule has 0 fully saturated rings. The number of ether oxygens (including phenoxy) is 2. The third-order valence-corrected chi connectivity index (χ3v) is 4.24. The molecular weight excluding hydrogens is 453 g/mol. The molecule has 1 aromatic heterocycles. The number of nitrogens with one attached hydrogen (secondary N) is 1. The van der Waals surface area contributed by atoms with E-state index in [1.807, 2.05) is 0 Å². The molecule has 0 aliphatic carbocycles. The highest BCUT2D eigenvalue weighted by molar-refractivity contribution is 6.04. The van der Waals surface area contributed by atoms with Crippen LogP contribution in [0.25, 0.3) is 5.69 Å². The molecule has 0 saturated heterocycles. The molecule has 1 heterocycles. The molecule has 0 aliphatic heterocycles. The average molecular weight is 469 g/mol. The van der Waals surface area contributed by atoms with Crippen molar-refractivity contribution in [2.75, 3.05) is 11.9 Å². The number of anilines is 1. The minimum absolute atomic E-state index is 0.0390. The molecule has 0 radical (unpaired) electrons. The second-order valence-electron chi connectivity index (χ2n) is 6.44. The number of esters is 1. The summed E-state index contributed by atoms with van der Waals surface area (Å²) in [7, 11) is 0. The van der Waals surface area contributed by atoms with Crippen LogP contribution in [-0.4, -0.2) is 34.9 Å². The number of nitrogens with zero attached hydrogens (tertiary/aromatic N) is 2. The molecule has 3 aromatic rings. The van der Waals surface area contributed by atoms with Crippen LogP contribution in [0.3, 0.4) is 0 Å². The average Bonchev–Trinajstić information content (AvgIpc) is 3.21. The zero-order valence-corrected chi connectivity index (χ0v) is 16.9. The fourth-order valence-corrected chi connectivity index (χ4v) is 2.85. The van der Waals surface area contributed by atoms with Crippen molar-refractivity contribution < 1.29 is 41.0 Å². The van der Waals surface area contributed by atoms with Crippen LogP contribution in [0.4, 0.5) is 27.6 Å². The standard InChI is InChI=1S/C21H16F5N3O4/c1-2-32-19(31)16-11-27-29(17(16)21(24,25)26)14-7-3-12(4-8-14)18(30)28-13-5-9-15(10-6-13)33-20(22)23/h3-11,20H,2H2,1H3,(H,28,30). The molecule has 7 nitrogen and oxygen atoms in total. The van der Waals surface area contributed by atoms with Crippen molar-refractivity contribution in [1.82, 2.24) is 9.78 Å². The number of carbonyl (C=O) groups excluding carboxylic acids is 2. The van der Waals surface area contributed by atoms with E-state index >= 15 is 0 Å². The van der Waals surface area contributed by atoms with E-state index in [2.05, 4.69) is 19.9 Å². The van der Waals surface area contributed by atoms with Crippen LogP contribution in [0.5, 0.6) is 5.75 Å². The van der Waals surface area contributed by atoms with Crippen molar-refractivity contribution in [3.63, 3.8) is 0 Å². The summed E-state index contributed by atoms with van der Waals surface area (Å²) in [6, 6.07) is 10.2. The first kappa shape index (κ1) is 23.7. The van der Waals surface area contributed by atoms with Gasteiger partial charge in [-0.05, 0) is 55.5 Å². The number of hydrogen-bond donors (Lipinski definition) is 1. The maximum Gasteiger partial charge on any atom is 0.434 e. The zero-order valence-electron chi connectivity index (χ0n) is 16.9. The Morgan fingerprint density at radius 1 is 1.06 bits per heavy atom. The number of hydrogen-bond acceptors (Lipinski definition) is 5. The minimum Gasteiger partial charge on any atom is -0.462 e. The molecule has 0 spiro atoms. The maximum atomic E-state index is 13.6.